The summed E-state index contributed by atoms with van der Waals surface area (Å²) in [4.78, 5) is 12.3. The minimum atomic E-state index is -3.69. The summed E-state index contributed by atoms with van der Waals surface area (Å²) < 4.78 is 51.9. The number of nitrogens with one attached hydrogen (secondary N) is 1. The van der Waals surface area contributed by atoms with E-state index >= 15 is 0 Å². The highest BCUT2D eigenvalue weighted by Gasteiger charge is 2.25. The van der Waals surface area contributed by atoms with Crippen molar-refractivity contribution in [2.75, 3.05) is 11.1 Å². The molecule has 0 saturated heterocycles. The monoisotopic (exact) mass is 425 g/mol. The van der Waals surface area contributed by atoms with Gasteiger partial charge in [-0.2, -0.15) is 0 Å². The fourth-order valence-corrected chi connectivity index (χ4v) is 5.31. The molecule has 2 aromatic carbocycles. The predicted octanol–water partition coefficient (Wildman–Crippen LogP) is 5.00. The average molecular weight is 426 g/mol. The molecular weight excluding hydrogens is 408 g/mol. The first-order valence-electron chi connectivity index (χ1n) is 8.70. The molecular formula is C20H18ClF2NO3S. The van der Waals surface area contributed by atoms with Crippen LogP contribution in [0.4, 0.5) is 14.5 Å². The van der Waals surface area contributed by atoms with Crippen molar-refractivity contribution in [2.45, 2.75) is 24.2 Å². The fraction of sp³-hybridized carbons (Fsp3) is 0.250. The Morgan fingerprint density at radius 3 is 2.57 bits per heavy atom. The molecule has 1 unspecified atom stereocenters. The van der Waals surface area contributed by atoms with Crippen molar-refractivity contribution in [3.05, 3.63) is 70.8 Å². The first-order valence-corrected chi connectivity index (χ1v) is 10.7. The van der Waals surface area contributed by atoms with Gasteiger partial charge in [0.2, 0.25) is 0 Å². The number of anilines is 1. The molecule has 148 valence electrons. The zero-order valence-electron chi connectivity index (χ0n) is 14.8. The number of hydrogen-bond donors (Lipinski definition) is 1. The van der Waals surface area contributed by atoms with Crippen LogP contribution in [0.2, 0.25) is 5.02 Å². The van der Waals surface area contributed by atoms with Gasteiger partial charge in [-0.25, -0.2) is 17.2 Å². The molecule has 0 aliphatic heterocycles. The molecule has 0 radical (unpaired) electrons. The van der Waals surface area contributed by atoms with Gasteiger partial charge in [0.15, 0.2) is 21.5 Å². The lowest BCUT2D eigenvalue weighted by Crippen LogP contribution is -2.19. The molecule has 4 nitrogen and oxygen atoms in total. The summed E-state index contributed by atoms with van der Waals surface area (Å²) in [5.74, 6) is -2.83. The quantitative estimate of drug-likeness (QED) is 0.685. The van der Waals surface area contributed by atoms with Crippen LogP contribution in [0, 0.1) is 17.6 Å². The number of carbonyl (C=O) groups is 1. The van der Waals surface area contributed by atoms with Crippen LogP contribution in [0.5, 0.6) is 0 Å². The molecule has 1 N–H and O–H groups in total. The third-order valence-electron chi connectivity index (χ3n) is 4.54. The number of carbonyl (C=O) groups excluding carboxylic acids is 1. The molecule has 0 spiro atoms. The fourth-order valence-electron chi connectivity index (χ4n) is 3.07. The van der Waals surface area contributed by atoms with Gasteiger partial charge in [-0.1, -0.05) is 23.8 Å². The second kappa shape index (κ2) is 8.41. The van der Waals surface area contributed by atoms with E-state index in [1.807, 2.05) is 12.2 Å². The summed E-state index contributed by atoms with van der Waals surface area (Å²) in [7, 11) is -3.69. The molecule has 0 heterocycles. The van der Waals surface area contributed by atoms with Gasteiger partial charge in [-0.05, 0) is 55.5 Å². The van der Waals surface area contributed by atoms with E-state index in [1.54, 1.807) is 0 Å². The third kappa shape index (κ3) is 4.77. The van der Waals surface area contributed by atoms with Gasteiger partial charge in [-0.15, -0.1) is 0 Å². The zero-order chi connectivity index (χ0) is 20.3. The van der Waals surface area contributed by atoms with Crippen LogP contribution in [-0.4, -0.2) is 20.1 Å². The van der Waals surface area contributed by atoms with E-state index in [4.69, 9.17) is 11.6 Å². The SMILES string of the molecule is O=C(Nc1ccc(F)c(F)c1)c1ccc(Cl)c(S(=O)(=O)CC2CC=CCC2)c1. The van der Waals surface area contributed by atoms with Crippen LogP contribution >= 0.6 is 11.6 Å². The largest absolute Gasteiger partial charge is 0.322 e. The lowest BCUT2D eigenvalue weighted by molar-refractivity contribution is 0.102. The number of sulfone groups is 1. The number of hydrogen-bond acceptors (Lipinski definition) is 3. The van der Waals surface area contributed by atoms with E-state index in [9.17, 15) is 22.0 Å². The van der Waals surface area contributed by atoms with Crippen molar-refractivity contribution in [2.24, 2.45) is 5.92 Å². The molecule has 1 aliphatic rings. The smallest absolute Gasteiger partial charge is 0.255 e. The van der Waals surface area contributed by atoms with E-state index < -0.39 is 27.4 Å². The Kier molecular flexibility index (Phi) is 6.15. The Morgan fingerprint density at radius 1 is 1.11 bits per heavy atom. The van der Waals surface area contributed by atoms with Crippen molar-refractivity contribution in [1.29, 1.82) is 0 Å². The van der Waals surface area contributed by atoms with Gasteiger partial charge in [-0.3, -0.25) is 4.79 Å². The summed E-state index contributed by atoms with van der Waals surface area (Å²) >= 11 is 6.09. The number of rotatable bonds is 5. The molecule has 0 aromatic heterocycles. The van der Waals surface area contributed by atoms with Gasteiger partial charge in [0.05, 0.1) is 15.7 Å². The minimum Gasteiger partial charge on any atom is -0.322 e. The number of amides is 1. The second-order valence-electron chi connectivity index (χ2n) is 6.66. The Morgan fingerprint density at radius 2 is 1.89 bits per heavy atom. The molecule has 3 rings (SSSR count). The van der Waals surface area contributed by atoms with Crippen molar-refractivity contribution >= 4 is 33.0 Å². The first-order chi connectivity index (χ1) is 13.3. The Bertz CT molecular complexity index is 1040. The highest BCUT2D eigenvalue weighted by atomic mass is 35.5. The van der Waals surface area contributed by atoms with Crippen LogP contribution in [0.25, 0.3) is 0 Å². The number of halogens is 3. The predicted molar refractivity (Wildman–Crippen MR) is 104 cm³/mol. The molecule has 2 aromatic rings. The molecule has 28 heavy (non-hydrogen) atoms. The number of benzene rings is 2. The molecule has 1 aliphatic carbocycles. The lowest BCUT2D eigenvalue weighted by atomic mass is 9.96. The van der Waals surface area contributed by atoms with Gasteiger partial charge >= 0.3 is 0 Å². The molecule has 0 saturated carbocycles. The van der Waals surface area contributed by atoms with Crippen LogP contribution < -0.4 is 5.32 Å². The van der Waals surface area contributed by atoms with E-state index in [0.29, 0.717) is 6.42 Å². The minimum absolute atomic E-state index is 0.00531. The maximum atomic E-state index is 13.3. The summed E-state index contributed by atoms with van der Waals surface area (Å²) in [6.45, 7) is 0. The highest BCUT2D eigenvalue weighted by Crippen LogP contribution is 2.28. The topological polar surface area (TPSA) is 63.2 Å². The summed E-state index contributed by atoms with van der Waals surface area (Å²) in [6.07, 6.45) is 6.30. The first kappa shape index (κ1) is 20.5. The molecule has 0 bridgehead atoms. The van der Waals surface area contributed by atoms with E-state index in [2.05, 4.69) is 5.32 Å². The van der Waals surface area contributed by atoms with Crippen molar-refractivity contribution in [3.8, 4) is 0 Å². The molecule has 1 atom stereocenters. The van der Waals surface area contributed by atoms with E-state index in [-0.39, 0.29) is 32.8 Å². The van der Waals surface area contributed by atoms with Gasteiger partial charge in [0, 0.05) is 17.3 Å². The highest BCUT2D eigenvalue weighted by molar-refractivity contribution is 7.91. The van der Waals surface area contributed by atoms with Gasteiger partial charge in [0.1, 0.15) is 0 Å². The molecule has 1 amide bonds. The molecule has 0 fully saturated rings. The van der Waals surface area contributed by atoms with Crippen LogP contribution in [-0.2, 0) is 9.84 Å². The zero-order valence-corrected chi connectivity index (χ0v) is 16.4. The Balaban J connectivity index is 1.82. The van der Waals surface area contributed by atoms with Crippen LogP contribution in [0.15, 0.2) is 53.4 Å². The van der Waals surface area contributed by atoms with E-state index in [0.717, 1.165) is 25.0 Å². The summed E-state index contributed by atoms with van der Waals surface area (Å²) in [6, 6.07) is 6.88. The maximum absolute atomic E-state index is 13.3. The van der Waals surface area contributed by atoms with E-state index in [1.165, 1.54) is 24.3 Å². The number of allylic oxidation sites excluding steroid dienone is 2. The average Bonchev–Trinajstić information content (AvgIpc) is 2.65. The van der Waals surface area contributed by atoms with Crippen molar-refractivity contribution < 1.29 is 22.0 Å². The lowest BCUT2D eigenvalue weighted by Gasteiger charge is -2.18. The van der Waals surface area contributed by atoms with Crippen LogP contribution in [0.3, 0.4) is 0 Å². The normalized spacial score (nSPS) is 16.8. The maximum Gasteiger partial charge on any atom is 0.255 e. The third-order valence-corrected chi connectivity index (χ3v) is 6.90. The second-order valence-corrected chi connectivity index (χ2v) is 9.07. The van der Waals surface area contributed by atoms with Crippen molar-refractivity contribution in [3.63, 3.8) is 0 Å². The van der Waals surface area contributed by atoms with Gasteiger partial charge in [0.25, 0.3) is 5.91 Å². The van der Waals surface area contributed by atoms with Crippen LogP contribution in [0.1, 0.15) is 29.6 Å². The van der Waals surface area contributed by atoms with Gasteiger partial charge < -0.3 is 5.32 Å². The standard InChI is InChI=1S/C20H18ClF2NO3S/c21-16-8-6-14(20(25)24-15-7-9-17(22)18(23)11-15)10-19(16)28(26,27)12-13-4-2-1-3-5-13/h1-2,6-11,13H,3-5,12H2,(H,24,25). The Labute approximate surface area is 167 Å². The Hall–Kier alpha value is -2.25. The summed E-state index contributed by atoms with van der Waals surface area (Å²) in [5, 5.41) is 2.45. The van der Waals surface area contributed by atoms with Crippen molar-refractivity contribution in [1.82, 2.24) is 0 Å². The summed E-state index contributed by atoms with van der Waals surface area (Å²) in [5.41, 5.74) is 0.105. The molecule has 8 heteroatoms.